The summed E-state index contributed by atoms with van der Waals surface area (Å²) in [7, 11) is 0. The lowest BCUT2D eigenvalue weighted by molar-refractivity contribution is 0.102. The molecule has 1 aromatic carbocycles. The Kier molecular flexibility index (Phi) is 4.97. The van der Waals surface area contributed by atoms with Crippen molar-refractivity contribution in [3.05, 3.63) is 53.7 Å². The molecular weight excluding hydrogens is 316 g/mol. The molecule has 0 aliphatic carbocycles. The van der Waals surface area contributed by atoms with Gasteiger partial charge in [-0.25, -0.2) is 4.98 Å². The van der Waals surface area contributed by atoms with Crippen LogP contribution in [0.3, 0.4) is 0 Å². The molecule has 0 saturated heterocycles. The Morgan fingerprint density at radius 2 is 2.04 bits per heavy atom. The molecule has 25 heavy (non-hydrogen) atoms. The number of nitrogens with zero attached hydrogens (tertiary/aromatic N) is 2. The summed E-state index contributed by atoms with van der Waals surface area (Å²) in [4.78, 5) is 16.4. The van der Waals surface area contributed by atoms with Gasteiger partial charge in [0.25, 0.3) is 5.91 Å². The van der Waals surface area contributed by atoms with Crippen LogP contribution >= 0.6 is 0 Å². The summed E-state index contributed by atoms with van der Waals surface area (Å²) in [6, 6.07) is 10.1. The first-order valence-electron chi connectivity index (χ1n) is 8.48. The lowest BCUT2D eigenvalue weighted by Crippen LogP contribution is -2.15. The molecule has 0 fully saturated rings. The van der Waals surface area contributed by atoms with Crippen LogP contribution in [-0.2, 0) is 6.42 Å². The fourth-order valence-electron chi connectivity index (χ4n) is 2.68. The van der Waals surface area contributed by atoms with Gasteiger partial charge >= 0.3 is 0 Å². The van der Waals surface area contributed by atoms with Gasteiger partial charge in [-0.3, -0.25) is 9.89 Å². The van der Waals surface area contributed by atoms with Gasteiger partial charge in [-0.05, 0) is 17.5 Å². The summed E-state index contributed by atoms with van der Waals surface area (Å²) in [6.45, 7) is 6.07. The van der Waals surface area contributed by atoms with Crippen LogP contribution in [0, 0.1) is 0 Å². The van der Waals surface area contributed by atoms with Crippen LogP contribution in [0.4, 0.5) is 5.82 Å². The summed E-state index contributed by atoms with van der Waals surface area (Å²) in [5, 5.41) is 9.87. The van der Waals surface area contributed by atoms with Gasteiger partial charge in [0.15, 0.2) is 17.9 Å². The minimum Gasteiger partial charge on any atom is -0.447 e. The van der Waals surface area contributed by atoms with Gasteiger partial charge in [-0.1, -0.05) is 51.5 Å². The highest BCUT2D eigenvalue weighted by Gasteiger charge is 2.20. The van der Waals surface area contributed by atoms with Crippen LogP contribution in [0.1, 0.15) is 54.9 Å². The first-order chi connectivity index (χ1) is 12.1. The van der Waals surface area contributed by atoms with Gasteiger partial charge in [0.1, 0.15) is 5.76 Å². The minimum absolute atomic E-state index is 0.0830. The summed E-state index contributed by atoms with van der Waals surface area (Å²) in [6.07, 6.45) is 3.48. The maximum absolute atomic E-state index is 12.4. The van der Waals surface area contributed by atoms with E-state index in [4.69, 9.17) is 4.42 Å². The summed E-state index contributed by atoms with van der Waals surface area (Å²) < 4.78 is 5.29. The van der Waals surface area contributed by atoms with Gasteiger partial charge in [-0.15, -0.1) is 0 Å². The highest BCUT2D eigenvalue weighted by atomic mass is 16.3. The molecule has 6 nitrogen and oxygen atoms in total. The molecule has 0 unspecified atom stereocenters. The minimum atomic E-state index is -0.325. The number of anilines is 1. The molecule has 0 atom stereocenters. The van der Waals surface area contributed by atoms with Gasteiger partial charge in [0.05, 0.1) is 5.69 Å². The molecule has 3 rings (SSSR count). The summed E-state index contributed by atoms with van der Waals surface area (Å²) in [5.41, 5.74) is 3.48. The second-order valence-corrected chi connectivity index (χ2v) is 6.29. The lowest BCUT2D eigenvalue weighted by atomic mass is 10.1. The number of amides is 1. The first-order valence-corrected chi connectivity index (χ1v) is 8.48. The topological polar surface area (TPSA) is 83.8 Å². The smallest absolute Gasteiger partial charge is 0.279 e. The number of hydrogen-bond acceptors (Lipinski definition) is 4. The number of carbonyl (C=O) groups is 1. The molecule has 0 bridgehead atoms. The van der Waals surface area contributed by atoms with E-state index >= 15 is 0 Å². The van der Waals surface area contributed by atoms with Gasteiger partial charge in [0, 0.05) is 12.0 Å². The monoisotopic (exact) mass is 338 g/mol. The van der Waals surface area contributed by atoms with Crippen LogP contribution in [0.5, 0.6) is 0 Å². The van der Waals surface area contributed by atoms with E-state index < -0.39 is 0 Å². The average Bonchev–Trinajstić information content (AvgIpc) is 3.25. The normalized spacial score (nSPS) is 11.0. The van der Waals surface area contributed by atoms with Crippen molar-refractivity contribution in [1.82, 2.24) is 15.2 Å². The molecule has 6 heteroatoms. The van der Waals surface area contributed by atoms with Crippen LogP contribution in [-0.4, -0.2) is 21.1 Å². The quantitative estimate of drug-likeness (QED) is 0.698. The fourth-order valence-corrected chi connectivity index (χ4v) is 2.68. The number of H-pyrrole nitrogens is 1. The molecule has 2 N–H and O–H groups in total. The van der Waals surface area contributed by atoms with E-state index in [-0.39, 0.29) is 11.8 Å². The summed E-state index contributed by atoms with van der Waals surface area (Å²) in [5.74, 6) is 0.781. The number of oxazole rings is 1. The zero-order valence-electron chi connectivity index (χ0n) is 14.7. The molecule has 1 amide bonds. The molecule has 3 aromatic rings. The largest absolute Gasteiger partial charge is 0.447 e. The zero-order chi connectivity index (χ0) is 17.8. The molecule has 0 aliphatic rings. The summed E-state index contributed by atoms with van der Waals surface area (Å²) >= 11 is 0. The molecule has 0 aliphatic heterocycles. The van der Waals surface area contributed by atoms with Crippen molar-refractivity contribution in [3.8, 4) is 11.3 Å². The van der Waals surface area contributed by atoms with Gasteiger partial charge in [-0.2, -0.15) is 5.10 Å². The third-order valence-electron chi connectivity index (χ3n) is 3.96. The number of rotatable bonds is 6. The average molecular weight is 338 g/mol. The van der Waals surface area contributed by atoms with E-state index in [9.17, 15) is 4.79 Å². The van der Waals surface area contributed by atoms with Crippen LogP contribution < -0.4 is 5.32 Å². The fraction of sp³-hybridized carbons (Fsp3) is 0.316. The maximum Gasteiger partial charge on any atom is 0.279 e. The molecule has 2 heterocycles. The van der Waals surface area contributed by atoms with Crippen molar-refractivity contribution in [2.75, 3.05) is 5.32 Å². The Morgan fingerprint density at radius 1 is 1.28 bits per heavy atom. The Labute approximate surface area is 146 Å². The second kappa shape index (κ2) is 7.34. The molecule has 130 valence electrons. The van der Waals surface area contributed by atoms with E-state index in [0.717, 1.165) is 24.1 Å². The standard InChI is InChI=1S/C19H22N4O2/c1-4-5-13-6-8-14(9-7-13)15-10-16(23-22-15)21-19(24)17-18(12(2)3)25-11-20-17/h6-12H,4-5H2,1-3H3,(H2,21,22,23,24). The van der Waals surface area contributed by atoms with Crippen molar-refractivity contribution >= 4 is 11.7 Å². The van der Waals surface area contributed by atoms with Crippen LogP contribution in [0.2, 0.25) is 0 Å². The Balaban J connectivity index is 1.73. The van der Waals surface area contributed by atoms with E-state index in [0.29, 0.717) is 17.3 Å². The zero-order valence-corrected chi connectivity index (χ0v) is 14.7. The SMILES string of the molecule is CCCc1ccc(-c2cc(NC(=O)c3ncoc3C(C)C)n[nH]2)cc1. The van der Waals surface area contributed by atoms with Crippen molar-refractivity contribution in [2.24, 2.45) is 0 Å². The highest BCUT2D eigenvalue weighted by Crippen LogP contribution is 2.22. The number of aromatic amines is 1. The maximum atomic E-state index is 12.4. The van der Waals surface area contributed by atoms with E-state index in [1.54, 1.807) is 0 Å². The van der Waals surface area contributed by atoms with Crippen molar-refractivity contribution in [2.45, 2.75) is 39.5 Å². The molecule has 0 radical (unpaired) electrons. The molecular formula is C19H22N4O2. The molecule has 0 saturated carbocycles. The van der Waals surface area contributed by atoms with E-state index in [1.165, 1.54) is 12.0 Å². The number of hydrogen-bond donors (Lipinski definition) is 2. The third kappa shape index (κ3) is 3.79. The number of benzene rings is 1. The van der Waals surface area contributed by atoms with Crippen molar-refractivity contribution in [1.29, 1.82) is 0 Å². The lowest BCUT2D eigenvalue weighted by Gasteiger charge is -2.03. The van der Waals surface area contributed by atoms with E-state index in [1.807, 2.05) is 19.9 Å². The Hall–Kier alpha value is -2.89. The number of aryl methyl sites for hydroxylation is 1. The molecule has 2 aromatic heterocycles. The number of carbonyl (C=O) groups excluding carboxylic acids is 1. The highest BCUT2D eigenvalue weighted by molar-refractivity contribution is 6.03. The van der Waals surface area contributed by atoms with E-state index in [2.05, 4.69) is 51.7 Å². The van der Waals surface area contributed by atoms with Gasteiger partial charge < -0.3 is 9.73 Å². The Morgan fingerprint density at radius 3 is 2.72 bits per heavy atom. The van der Waals surface area contributed by atoms with Crippen molar-refractivity contribution < 1.29 is 9.21 Å². The van der Waals surface area contributed by atoms with Crippen LogP contribution in [0.15, 0.2) is 41.1 Å². The first kappa shape index (κ1) is 17.0. The third-order valence-corrected chi connectivity index (χ3v) is 3.96. The van der Waals surface area contributed by atoms with Gasteiger partial charge in [0.2, 0.25) is 0 Å². The Bertz CT molecular complexity index is 846. The van der Waals surface area contributed by atoms with Crippen molar-refractivity contribution in [3.63, 3.8) is 0 Å². The predicted molar refractivity (Wildman–Crippen MR) is 96.6 cm³/mol. The second-order valence-electron chi connectivity index (χ2n) is 6.29. The number of nitrogens with one attached hydrogen (secondary N) is 2. The predicted octanol–water partition coefficient (Wildman–Crippen LogP) is 4.39. The number of aromatic nitrogens is 3. The molecule has 0 spiro atoms. The van der Waals surface area contributed by atoms with Crippen LogP contribution in [0.25, 0.3) is 11.3 Å².